The van der Waals surface area contributed by atoms with Crippen LogP contribution in [-0.4, -0.2) is 18.6 Å². The van der Waals surface area contributed by atoms with Crippen LogP contribution < -0.4 is 11.1 Å². The Morgan fingerprint density at radius 3 is 2.93 bits per heavy atom. The average Bonchev–Trinajstić information content (AvgIpc) is 2.74. The van der Waals surface area contributed by atoms with Crippen molar-refractivity contribution in [2.24, 2.45) is 0 Å². The second-order valence-electron chi connectivity index (χ2n) is 3.58. The smallest absolute Gasteiger partial charge is 0.253 e. The maximum absolute atomic E-state index is 11.7. The number of para-hydroxylation sites is 2. The molecule has 4 heteroatoms. The van der Waals surface area contributed by atoms with E-state index in [2.05, 4.69) is 5.32 Å². The topological polar surface area (TPSA) is 64.3 Å². The number of benzene rings is 1. The monoisotopic (exact) mass is 206 g/mol. The Labute approximate surface area is 88.4 Å². The summed E-state index contributed by atoms with van der Waals surface area (Å²) >= 11 is 0. The molecule has 1 amide bonds. The molecule has 0 aliphatic carbocycles. The number of hydrogen-bond acceptors (Lipinski definition) is 3. The standard InChI is InChI=1S/C11H14N2O2/c12-8-4-1-2-5-9(8)13-11(14)10-6-3-7-15-10/h1-2,4-5,10H,3,6-7,12H2,(H,13,14)/t10-/m0/s1. The van der Waals surface area contributed by atoms with Gasteiger partial charge in [-0.15, -0.1) is 0 Å². The Balaban J connectivity index is 2.02. The van der Waals surface area contributed by atoms with Crippen molar-refractivity contribution < 1.29 is 9.53 Å². The molecule has 0 unspecified atom stereocenters. The molecule has 1 aromatic rings. The summed E-state index contributed by atoms with van der Waals surface area (Å²) in [6, 6.07) is 7.20. The van der Waals surface area contributed by atoms with Crippen molar-refractivity contribution >= 4 is 17.3 Å². The van der Waals surface area contributed by atoms with Crippen molar-refractivity contribution in [3.05, 3.63) is 24.3 Å². The molecule has 15 heavy (non-hydrogen) atoms. The van der Waals surface area contributed by atoms with Gasteiger partial charge in [-0.05, 0) is 25.0 Å². The lowest BCUT2D eigenvalue weighted by molar-refractivity contribution is -0.124. The lowest BCUT2D eigenvalue weighted by Gasteiger charge is -2.11. The van der Waals surface area contributed by atoms with Crippen LogP contribution in [0.5, 0.6) is 0 Å². The zero-order valence-corrected chi connectivity index (χ0v) is 8.40. The molecule has 1 saturated heterocycles. The molecule has 0 aromatic heterocycles. The van der Waals surface area contributed by atoms with Crippen LogP contribution in [0, 0.1) is 0 Å². The van der Waals surface area contributed by atoms with Gasteiger partial charge in [-0.2, -0.15) is 0 Å². The van der Waals surface area contributed by atoms with Crippen molar-refractivity contribution in [1.29, 1.82) is 0 Å². The van der Waals surface area contributed by atoms with Crippen molar-refractivity contribution in [2.75, 3.05) is 17.7 Å². The van der Waals surface area contributed by atoms with Crippen LogP contribution in [0.2, 0.25) is 0 Å². The third-order valence-electron chi connectivity index (χ3n) is 2.44. The average molecular weight is 206 g/mol. The zero-order chi connectivity index (χ0) is 10.7. The number of carbonyl (C=O) groups is 1. The van der Waals surface area contributed by atoms with Gasteiger partial charge < -0.3 is 15.8 Å². The minimum atomic E-state index is -0.315. The summed E-state index contributed by atoms with van der Waals surface area (Å²) in [4.78, 5) is 11.7. The third-order valence-corrected chi connectivity index (χ3v) is 2.44. The van der Waals surface area contributed by atoms with Gasteiger partial charge in [-0.3, -0.25) is 4.79 Å². The van der Waals surface area contributed by atoms with Gasteiger partial charge >= 0.3 is 0 Å². The largest absolute Gasteiger partial charge is 0.397 e. The highest BCUT2D eigenvalue weighted by Crippen LogP contribution is 2.19. The van der Waals surface area contributed by atoms with Crippen molar-refractivity contribution in [1.82, 2.24) is 0 Å². The molecule has 0 spiro atoms. The molecule has 3 N–H and O–H groups in total. The molecule has 4 nitrogen and oxygen atoms in total. The lowest BCUT2D eigenvalue weighted by Crippen LogP contribution is -2.27. The molecule has 1 atom stereocenters. The molecule has 80 valence electrons. The summed E-state index contributed by atoms with van der Waals surface area (Å²) in [6.07, 6.45) is 1.42. The maximum atomic E-state index is 11.7. The SMILES string of the molecule is Nc1ccccc1NC(=O)[C@@H]1CCCO1. The summed E-state index contributed by atoms with van der Waals surface area (Å²) in [5, 5.41) is 2.76. The Kier molecular flexibility index (Phi) is 2.87. The predicted octanol–water partition coefficient (Wildman–Crippen LogP) is 1.39. The van der Waals surface area contributed by atoms with Gasteiger partial charge in [0, 0.05) is 6.61 Å². The minimum Gasteiger partial charge on any atom is -0.397 e. The molecular formula is C11H14N2O2. The molecule has 1 fully saturated rings. The highest BCUT2D eigenvalue weighted by Gasteiger charge is 2.23. The zero-order valence-electron chi connectivity index (χ0n) is 8.40. The number of rotatable bonds is 2. The molecule has 0 saturated carbocycles. The second kappa shape index (κ2) is 4.31. The molecule has 0 radical (unpaired) electrons. The van der Waals surface area contributed by atoms with Crippen LogP contribution in [0.3, 0.4) is 0 Å². The van der Waals surface area contributed by atoms with E-state index in [1.165, 1.54) is 0 Å². The van der Waals surface area contributed by atoms with E-state index in [9.17, 15) is 4.79 Å². The van der Waals surface area contributed by atoms with E-state index in [0.717, 1.165) is 12.8 Å². The predicted molar refractivity (Wildman–Crippen MR) is 58.5 cm³/mol. The Morgan fingerprint density at radius 2 is 2.27 bits per heavy atom. The normalized spacial score (nSPS) is 20.1. The van der Waals surface area contributed by atoms with E-state index >= 15 is 0 Å². The summed E-state index contributed by atoms with van der Waals surface area (Å²) < 4.78 is 5.27. The van der Waals surface area contributed by atoms with Gasteiger partial charge in [0.2, 0.25) is 0 Å². The molecule has 1 aromatic carbocycles. The van der Waals surface area contributed by atoms with Gasteiger partial charge in [-0.25, -0.2) is 0 Å². The van der Waals surface area contributed by atoms with Crippen LogP contribution in [0.25, 0.3) is 0 Å². The van der Waals surface area contributed by atoms with Gasteiger partial charge in [0.1, 0.15) is 6.10 Å². The first-order chi connectivity index (χ1) is 7.27. The summed E-state index contributed by atoms with van der Waals surface area (Å²) in [5.74, 6) is -0.106. The summed E-state index contributed by atoms with van der Waals surface area (Å²) in [6.45, 7) is 0.669. The Hall–Kier alpha value is -1.55. The highest BCUT2D eigenvalue weighted by molar-refractivity contribution is 5.96. The number of amides is 1. The first-order valence-electron chi connectivity index (χ1n) is 5.04. The first-order valence-corrected chi connectivity index (χ1v) is 5.04. The third kappa shape index (κ3) is 2.27. The number of ether oxygens (including phenoxy) is 1. The van der Waals surface area contributed by atoms with Crippen LogP contribution in [0.4, 0.5) is 11.4 Å². The molecule has 1 heterocycles. The van der Waals surface area contributed by atoms with Gasteiger partial charge in [0.25, 0.3) is 5.91 Å². The van der Waals surface area contributed by atoms with E-state index in [-0.39, 0.29) is 12.0 Å². The van der Waals surface area contributed by atoms with Gasteiger partial charge in [0.05, 0.1) is 11.4 Å². The van der Waals surface area contributed by atoms with Crippen molar-refractivity contribution in [2.45, 2.75) is 18.9 Å². The van der Waals surface area contributed by atoms with Crippen LogP contribution in [0.1, 0.15) is 12.8 Å². The molecule has 2 rings (SSSR count). The highest BCUT2D eigenvalue weighted by atomic mass is 16.5. The number of nitrogens with two attached hydrogens (primary N) is 1. The lowest BCUT2D eigenvalue weighted by atomic mass is 10.2. The molecular weight excluding hydrogens is 192 g/mol. The first kappa shape index (κ1) is 9.98. The Morgan fingerprint density at radius 1 is 1.47 bits per heavy atom. The van der Waals surface area contributed by atoms with E-state index in [4.69, 9.17) is 10.5 Å². The van der Waals surface area contributed by atoms with Crippen LogP contribution in [0.15, 0.2) is 24.3 Å². The van der Waals surface area contributed by atoms with Crippen molar-refractivity contribution in [3.8, 4) is 0 Å². The van der Waals surface area contributed by atoms with E-state index in [1.54, 1.807) is 12.1 Å². The number of anilines is 2. The van der Waals surface area contributed by atoms with E-state index in [0.29, 0.717) is 18.0 Å². The summed E-state index contributed by atoms with van der Waals surface area (Å²) in [7, 11) is 0. The minimum absolute atomic E-state index is 0.106. The molecule has 1 aliphatic heterocycles. The number of carbonyl (C=O) groups excluding carboxylic acids is 1. The van der Waals surface area contributed by atoms with E-state index < -0.39 is 0 Å². The molecule has 0 bridgehead atoms. The van der Waals surface area contributed by atoms with Crippen LogP contribution >= 0.6 is 0 Å². The fraction of sp³-hybridized carbons (Fsp3) is 0.364. The van der Waals surface area contributed by atoms with Crippen LogP contribution in [-0.2, 0) is 9.53 Å². The molecule has 1 aliphatic rings. The van der Waals surface area contributed by atoms with Gasteiger partial charge in [0.15, 0.2) is 0 Å². The van der Waals surface area contributed by atoms with Crippen molar-refractivity contribution in [3.63, 3.8) is 0 Å². The summed E-state index contributed by atoms with van der Waals surface area (Å²) in [5.41, 5.74) is 6.94. The fourth-order valence-electron chi connectivity index (χ4n) is 1.61. The van der Waals surface area contributed by atoms with Gasteiger partial charge in [-0.1, -0.05) is 12.1 Å². The second-order valence-corrected chi connectivity index (χ2v) is 3.58. The number of hydrogen-bond donors (Lipinski definition) is 2. The number of nitrogens with one attached hydrogen (secondary N) is 1. The number of nitrogen functional groups attached to an aromatic ring is 1. The quantitative estimate of drug-likeness (QED) is 0.718. The van der Waals surface area contributed by atoms with E-state index in [1.807, 2.05) is 12.1 Å². The fourth-order valence-corrected chi connectivity index (χ4v) is 1.61. The maximum Gasteiger partial charge on any atom is 0.253 e. The Bertz CT molecular complexity index is 359.